The van der Waals surface area contributed by atoms with E-state index in [1.54, 1.807) is 24.0 Å². The molecule has 0 aliphatic carbocycles. The molecule has 2 aromatic heterocycles. The summed E-state index contributed by atoms with van der Waals surface area (Å²) in [6.45, 7) is 11.2. The zero-order valence-corrected chi connectivity index (χ0v) is 50.1. The second kappa shape index (κ2) is 45.4. The number of rotatable bonds is 42. The Morgan fingerprint density at radius 3 is 1.93 bits per heavy atom. The summed E-state index contributed by atoms with van der Waals surface area (Å²) in [4.78, 5) is 69.8. The van der Waals surface area contributed by atoms with E-state index in [1.807, 2.05) is 72.3 Å². The van der Waals surface area contributed by atoms with Gasteiger partial charge in [0.25, 0.3) is 0 Å². The quantitative estimate of drug-likeness (QED) is 0.00941. The number of alkyl halides is 1. The van der Waals surface area contributed by atoms with Gasteiger partial charge in [0.05, 0.1) is 77.5 Å². The fraction of sp³-hybridized carbons (Fsp3) is 0.567. The fourth-order valence-corrected chi connectivity index (χ4v) is 8.21. The third kappa shape index (κ3) is 31.2. The average molecular weight is 1210 g/mol. The molecule has 0 unspecified atom stereocenters. The molecule has 3 heterocycles. The molecule has 0 saturated carbocycles. The highest BCUT2D eigenvalue weighted by Crippen LogP contribution is 2.35. The topological polar surface area (TPSA) is 284 Å². The van der Waals surface area contributed by atoms with E-state index in [4.69, 9.17) is 74.5 Å². The number of benzene rings is 2. The van der Waals surface area contributed by atoms with Crippen LogP contribution in [0.25, 0.3) is 22.3 Å². The van der Waals surface area contributed by atoms with Crippen LogP contribution in [0.5, 0.6) is 11.5 Å². The second-order valence-electron chi connectivity index (χ2n) is 18.8. The molecule has 4 aromatic rings. The summed E-state index contributed by atoms with van der Waals surface area (Å²) in [7, 11) is 0. The molecule has 24 nitrogen and oxygen atoms in total. The van der Waals surface area contributed by atoms with Crippen molar-refractivity contribution in [2.45, 2.75) is 84.1 Å². The van der Waals surface area contributed by atoms with E-state index in [0.717, 1.165) is 62.3 Å². The van der Waals surface area contributed by atoms with Gasteiger partial charge in [0.2, 0.25) is 5.91 Å². The number of aromatic nitrogens is 4. The zero-order valence-electron chi connectivity index (χ0n) is 49.3. The van der Waals surface area contributed by atoms with Crippen LogP contribution < -0.4 is 21.1 Å². The first-order valence-corrected chi connectivity index (χ1v) is 29.7. The lowest BCUT2D eigenvalue weighted by atomic mass is 10.1. The van der Waals surface area contributed by atoms with E-state index < -0.39 is 12.2 Å². The lowest BCUT2D eigenvalue weighted by Crippen LogP contribution is -2.40. The molecule has 1 aliphatic heterocycles. The van der Waals surface area contributed by atoms with Gasteiger partial charge >= 0.3 is 24.1 Å². The van der Waals surface area contributed by atoms with Gasteiger partial charge in [-0.15, -0.1) is 11.6 Å². The number of anilines is 1. The molecule has 1 saturated heterocycles. The number of alkyl carbamates (subject to hydrolysis) is 2. The number of ether oxygens (including phenoxy) is 11. The fourth-order valence-electron chi connectivity index (χ4n) is 8.02. The molecule has 0 spiro atoms. The van der Waals surface area contributed by atoms with Gasteiger partial charge in [0.15, 0.2) is 5.65 Å². The van der Waals surface area contributed by atoms with Crippen LogP contribution in [0.15, 0.2) is 85.2 Å². The van der Waals surface area contributed by atoms with E-state index in [2.05, 4.69) is 20.6 Å². The van der Waals surface area contributed by atoms with E-state index in [0.29, 0.717) is 146 Å². The molecule has 1 fully saturated rings. The first-order chi connectivity index (χ1) is 41.6. The summed E-state index contributed by atoms with van der Waals surface area (Å²) in [6.07, 6.45) is 14.8. The average Bonchev–Trinajstić information content (AvgIpc) is 1.83. The van der Waals surface area contributed by atoms with Crippen molar-refractivity contribution < 1.29 is 76.1 Å². The third-order valence-corrected chi connectivity index (χ3v) is 12.5. The number of fused-ring (bicyclic) bond motifs is 1. The van der Waals surface area contributed by atoms with Gasteiger partial charge in [-0.05, 0) is 88.8 Å². The monoisotopic (exact) mass is 1210 g/mol. The number of allylic oxidation sites excluding steroid dienone is 1. The highest BCUT2D eigenvalue weighted by Gasteiger charge is 2.28. The number of halogens is 1. The molecule has 0 bridgehead atoms. The van der Waals surface area contributed by atoms with Gasteiger partial charge < -0.3 is 73.4 Å². The Labute approximate surface area is 503 Å². The Bertz CT molecular complexity index is 2540. The van der Waals surface area contributed by atoms with Crippen molar-refractivity contribution >= 4 is 58.5 Å². The van der Waals surface area contributed by atoms with Crippen molar-refractivity contribution in [3.63, 3.8) is 0 Å². The van der Waals surface area contributed by atoms with Crippen LogP contribution in [0.2, 0.25) is 0 Å². The summed E-state index contributed by atoms with van der Waals surface area (Å²) < 4.78 is 60.1. The van der Waals surface area contributed by atoms with Gasteiger partial charge in [0, 0.05) is 76.4 Å². The molecule has 5 rings (SSSR count). The number of para-hydroxylation sites is 1. The molecule has 0 radical (unpaired) electrons. The molecule has 2 aromatic carbocycles. The molecule has 1 aliphatic rings. The molecule has 470 valence electrons. The number of hydrogen-bond acceptors (Lipinski definition) is 20. The smallest absolute Gasteiger partial charge is 0.407 e. The van der Waals surface area contributed by atoms with Crippen LogP contribution in [0.3, 0.4) is 0 Å². The minimum atomic E-state index is -0.618. The van der Waals surface area contributed by atoms with Crippen molar-refractivity contribution in [3.8, 4) is 22.8 Å². The van der Waals surface area contributed by atoms with Gasteiger partial charge in [-0.25, -0.2) is 24.2 Å². The SMILES string of the molecule is C/C=C/COC(=O)CCCOCCOCCOC(=O)NC/C=C/C(=O)N1CCC[C@@H](n2nc(-c3ccc(Oc4ccccc4)cc3)c3c(N)ncnc32)C1.CCOC(=O)NCCOCCOCCOC(=O)CCCOCCOCCCCCCCl. The van der Waals surface area contributed by atoms with Gasteiger partial charge in [-0.2, -0.15) is 5.10 Å². The number of piperidine rings is 1. The maximum absolute atomic E-state index is 13.1. The van der Waals surface area contributed by atoms with Crippen molar-refractivity contribution in [1.82, 2.24) is 35.3 Å². The summed E-state index contributed by atoms with van der Waals surface area (Å²) in [6, 6.07) is 17.0. The number of unbranched alkanes of at least 4 members (excludes halogenated alkanes) is 3. The predicted molar refractivity (Wildman–Crippen MR) is 319 cm³/mol. The van der Waals surface area contributed by atoms with Crippen LogP contribution >= 0.6 is 11.6 Å². The number of likely N-dealkylation sites (tertiary alicyclic amines) is 1. The Morgan fingerprint density at radius 1 is 0.659 bits per heavy atom. The molecular formula is C60H87ClN8O16. The summed E-state index contributed by atoms with van der Waals surface area (Å²) in [5.74, 6) is 1.79. The van der Waals surface area contributed by atoms with Gasteiger partial charge in [0.1, 0.15) is 49.2 Å². The number of esters is 2. The maximum atomic E-state index is 13.1. The maximum Gasteiger partial charge on any atom is 0.407 e. The Kier molecular flexibility index (Phi) is 37.7. The molecule has 85 heavy (non-hydrogen) atoms. The van der Waals surface area contributed by atoms with Crippen LogP contribution in [0.4, 0.5) is 15.4 Å². The summed E-state index contributed by atoms with van der Waals surface area (Å²) >= 11 is 5.62. The highest BCUT2D eigenvalue weighted by molar-refractivity contribution is 6.17. The standard InChI is InChI=1S/C39H47N7O8.C21H40ClNO8/c1-2-3-22-52-34(48)14-9-21-50-23-24-51-25-26-53-39(49)41-19-7-13-33(47)45-20-8-10-30(27-45)46-38-35(37(40)42-28-43-38)36(44-46)29-15-17-32(18-16-29)54-31-11-5-4-6-12-31;1-2-30-21(25)23-10-13-28-16-17-29-18-19-31-20(24)8-7-12-27-15-14-26-11-6-4-3-5-9-22/h2-7,11-13,15-18,28,30H,8-10,14,19-27H2,1H3,(H,41,49)(H2,40,42,43);2-19H2,1H3,(H,23,25)/b3-2+,13-7+;/t30-;/m1./s1. The largest absolute Gasteiger partial charge is 0.463 e. The van der Waals surface area contributed by atoms with Gasteiger partial charge in [-0.3, -0.25) is 14.4 Å². The Morgan fingerprint density at radius 2 is 1.26 bits per heavy atom. The normalized spacial score (nSPS) is 13.1. The number of nitrogens with one attached hydrogen (secondary N) is 2. The first kappa shape index (κ1) is 70.6. The lowest BCUT2D eigenvalue weighted by molar-refractivity contribution is -0.146. The molecular weight excluding hydrogens is 1120 g/mol. The van der Waals surface area contributed by atoms with E-state index in [1.165, 1.54) is 12.4 Å². The highest BCUT2D eigenvalue weighted by atomic mass is 35.5. The van der Waals surface area contributed by atoms with Crippen LogP contribution in [0, 0.1) is 0 Å². The van der Waals surface area contributed by atoms with E-state index >= 15 is 0 Å². The Hall–Kier alpha value is -6.93. The summed E-state index contributed by atoms with van der Waals surface area (Å²) in [5, 5.41) is 10.8. The van der Waals surface area contributed by atoms with Crippen molar-refractivity contribution in [2.24, 2.45) is 0 Å². The number of carbonyl (C=O) groups is 5. The predicted octanol–water partition coefficient (Wildman–Crippen LogP) is 8.17. The number of nitrogens with two attached hydrogens (primary N) is 1. The molecule has 1 atom stereocenters. The van der Waals surface area contributed by atoms with Crippen LogP contribution in [-0.2, 0) is 61.8 Å². The third-order valence-electron chi connectivity index (χ3n) is 12.2. The second-order valence-corrected chi connectivity index (χ2v) is 19.2. The number of nitrogens with zero attached hydrogens (tertiary/aromatic N) is 5. The minimum absolute atomic E-state index is 0.0655. The van der Waals surface area contributed by atoms with Crippen LogP contribution in [-0.4, -0.2) is 192 Å². The van der Waals surface area contributed by atoms with E-state index in [-0.39, 0.29) is 56.9 Å². The van der Waals surface area contributed by atoms with E-state index in [9.17, 15) is 24.0 Å². The van der Waals surface area contributed by atoms with Crippen molar-refractivity contribution in [1.29, 1.82) is 0 Å². The number of amides is 3. The van der Waals surface area contributed by atoms with Crippen molar-refractivity contribution in [2.75, 3.05) is 144 Å². The lowest BCUT2D eigenvalue weighted by Gasteiger charge is -2.32. The van der Waals surface area contributed by atoms with Gasteiger partial charge in [-0.1, -0.05) is 49.3 Å². The van der Waals surface area contributed by atoms with Crippen molar-refractivity contribution in [3.05, 3.63) is 85.2 Å². The molecule has 3 amide bonds. The number of carbonyl (C=O) groups excluding carboxylic acids is 5. The summed E-state index contributed by atoms with van der Waals surface area (Å²) in [5.41, 5.74) is 8.44. The zero-order chi connectivity index (χ0) is 60.8. The number of hydrogen-bond donors (Lipinski definition) is 3. The number of nitrogen functional groups attached to an aromatic ring is 1. The first-order valence-electron chi connectivity index (χ1n) is 29.2. The van der Waals surface area contributed by atoms with Crippen LogP contribution in [0.1, 0.15) is 84.1 Å². The minimum Gasteiger partial charge on any atom is -0.463 e. The Balaban J connectivity index is 0.000000427. The molecule has 4 N–H and O–H groups in total. The molecule has 25 heteroatoms.